The van der Waals surface area contributed by atoms with Crippen LogP contribution < -0.4 is 38.5 Å². The van der Waals surface area contributed by atoms with E-state index in [1.807, 2.05) is 121 Å². The van der Waals surface area contributed by atoms with Crippen LogP contribution in [0.2, 0.25) is 0 Å². The van der Waals surface area contributed by atoms with Gasteiger partial charge in [0.15, 0.2) is 12.2 Å². The molecule has 0 unspecified atom stereocenters. The number of nitrogens with zero attached hydrogens (tertiary/aromatic N) is 1. The van der Waals surface area contributed by atoms with Crippen LogP contribution in [0.3, 0.4) is 0 Å². The highest BCUT2D eigenvalue weighted by molar-refractivity contribution is 5.95. The summed E-state index contributed by atoms with van der Waals surface area (Å²) in [5.41, 5.74) is 20.8. The van der Waals surface area contributed by atoms with E-state index >= 15 is 4.79 Å². The van der Waals surface area contributed by atoms with E-state index in [9.17, 15) is 24.3 Å². The van der Waals surface area contributed by atoms with Crippen molar-refractivity contribution in [1.82, 2.24) is 21.3 Å². The molecule has 5 aromatic carbocycles. The average Bonchev–Trinajstić information content (AvgIpc) is 3.41. The van der Waals surface area contributed by atoms with Gasteiger partial charge in [0.05, 0.1) is 52.0 Å². The van der Waals surface area contributed by atoms with Gasteiger partial charge in [-0.15, -0.1) is 0 Å². The average molecular weight is 1020 g/mol. The van der Waals surface area contributed by atoms with Crippen molar-refractivity contribution in [3.05, 3.63) is 179 Å². The predicted molar refractivity (Wildman–Crippen MR) is 275 cm³/mol. The molecule has 0 radical (unpaired) electrons. The number of benzene rings is 5. The van der Waals surface area contributed by atoms with Gasteiger partial charge in [0.2, 0.25) is 23.6 Å². The Kier molecular flexibility index (Phi) is 22.5. The largest absolute Gasteiger partial charge is 0.481 e. The summed E-state index contributed by atoms with van der Waals surface area (Å²) in [6.07, 6.45) is -4.16. The lowest BCUT2D eigenvalue weighted by Gasteiger charge is -2.46. The summed E-state index contributed by atoms with van der Waals surface area (Å²) in [6.45, 7) is 0.251. The first-order chi connectivity index (χ1) is 35.9. The Bertz CT molecular complexity index is 2530. The van der Waals surface area contributed by atoms with Crippen LogP contribution >= 0.6 is 0 Å². The third-order valence-corrected chi connectivity index (χ3v) is 11.9. The molecule has 1 heterocycles. The number of hydrogen-bond acceptors (Lipinski definition) is 12. The van der Waals surface area contributed by atoms with Gasteiger partial charge in [-0.1, -0.05) is 152 Å². The predicted octanol–water partition coefficient (Wildman–Crippen LogP) is 2.98. The molecule has 392 valence electrons. The van der Waals surface area contributed by atoms with Crippen LogP contribution in [0.5, 0.6) is 0 Å². The van der Waals surface area contributed by atoms with E-state index in [2.05, 4.69) is 26.3 Å². The molecule has 19 heteroatoms. The molecular formula is C55H66N8O11. The van der Waals surface area contributed by atoms with Gasteiger partial charge in [-0.05, 0) is 40.7 Å². The number of aliphatic imine (C=N–C) groups is 1. The number of nitrogens with two attached hydrogens (primary N) is 3. The molecule has 6 rings (SSSR count). The summed E-state index contributed by atoms with van der Waals surface area (Å²) in [6, 6.07) is 41.9. The Morgan fingerprint density at radius 2 is 1.11 bits per heavy atom. The topological polar surface area (TPSA) is 290 Å². The molecule has 5 aromatic rings. The van der Waals surface area contributed by atoms with E-state index in [1.54, 1.807) is 30.3 Å². The zero-order chi connectivity index (χ0) is 52.5. The van der Waals surface area contributed by atoms with Gasteiger partial charge in [0, 0.05) is 13.0 Å². The second-order valence-electron chi connectivity index (χ2n) is 17.6. The Labute approximate surface area is 430 Å². The van der Waals surface area contributed by atoms with E-state index < -0.39 is 91.3 Å². The van der Waals surface area contributed by atoms with Crippen LogP contribution in [0.15, 0.2) is 157 Å². The molecule has 1 aliphatic rings. The van der Waals surface area contributed by atoms with Gasteiger partial charge in [0.1, 0.15) is 36.4 Å². The van der Waals surface area contributed by atoms with E-state index in [0.717, 1.165) is 22.3 Å². The molecule has 4 amide bonds. The molecule has 1 saturated heterocycles. The molecule has 1 fully saturated rings. The minimum atomic E-state index is -1.68. The molecule has 0 spiro atoms. The lowest BCUT2D eigenvalue weighted by molar-refractivity contribution is -0.293. The number of carbonyl (C=O) groups excluding carboxylic acids is 4. The number of aliphatic carboxylic acids is 1. The van der Waals surface area contributed by atoms with Gasteiger partial charge in [-0.3, -0.25) is 29.0 Å². The molecule has 0 saturated carbocycles. The fraction of sp³-hybridized carbons (Fsp3) is 0.345. The van der Waals surface area contributed by atoms with Crippen molar-refractivity contribution in [3.8, 4) is 0 Å². The number of carbonyl (C=O) groups is 5. The molecule has 0 aromatic heterocycles. The zero-order valence-electron chi connectivity index (χ0n) is 41.0. The van der Waals surface area contributed by atoms with Crippen molar-refractivity contribution in [2.24, 2.45) is 22.2 Å². The number of carboxylic acid groups (broad SMARTS) is 1. The van der Waals surface area contributed by atoms with Crippen molar-refractivity contribution in [2.45, 2.75) is 101 Å². The number of ether oxygens (including phenoxy) is 5. The molecule has 11 N–H and O–H groups in total. The van der Waals surface area contributed by atoms with Crippen LogP contribution in [-0.4, -0.2) is 109 Å². The maximum Gasteiger partial charge on any atom is 0.305 e. The van der Waals surface area contributed by atoms with Crippen molar-refractivity contribution < 1.29 is 52.8 Å². The highest BCUT2D eigenvalue weighted by Crippen LogP contribution is 2.30. The van der Waals surface area contributed by atoms with Gasteiger partial charge < -0.3 is 67.3 Å². The highest BCUT2D eigenvalue weighted by atomic mass is 16.7. The van der Waals surface area contributed by atoms with Gasteiger partial charge in [0.25, 0.3) is 0 Å². The SMILES string of the molecule is NC(N)=NCCC[C@H](N)C(=O)NCC(=O)N[C@@H](CC(=O)O)C(=O)N[C@@H](Cc1ccccc1)C(=O)N[C@H]1[C@H](OCc2ccccc2)O[C@H](COCc2ccccc2)[C@@H](OCc2ccccc2)[C@@H]1OCc1ccccc1. The number of nitrogens with one attached hydrogen (secondary N) is 4. The fourth-order valence-corrected chi connectivity index (χ4v) is 8.06. The number of guanidine groups is 1. The third kappa shape index (κ3) is 18.8. The van der Waals surface area contributed by atoms with Gasteiger partial charge in [-0.2, -0.15) is 0 Å². The number of carboxylic acids is 1. The van der Waals surface area contributed by atoms with Gasteiger partial charge in [-0.25, -0.2) is 0 Å². The van der Waals surface area contributed by atoms with Crippen molar-refractivity contribution >= 4 is 35.6 Å². The van der Waals surface area contributed by atoms with Gasteiger partial charge >= 0.3 is 5.97 Å². The summed E-state index contributed by atoms with van der Waals surface area (Å²) in [7, 11) is 0. The molecule has 1 aliphatic heterocycles. The van der Waals surface area contributed by atoms with Crippen LogP contribution in [0.25, 0.3) is 0 Å². The quantitative estimate of drug-likeness (QED) is 0.0194. The summed E-state index contributed by atoms with van der Waals surface area (Å²) < 4.78 is 33.3. The number of amides is 4. The smallest absolute Gasteiger partial charge is 0.305 e. The minimum absolute atomic E-state index is 0.0476. The van der Waals surface area contributed by atoms with E-state index in [0.29, 0.717) is 12.0 Å². The Balaban J connectivity index is 1.29. The van der Waals surface area contributed by atoms with Crippen LogP contribution in [0.1, 0.15) is 47.1 Å². The first-order valence-electron chi connectivity index (χ1n) is 24.4. The lowest BCUT2D eigenvalue weighted by Crippen LogP contribution is -2.67. The molecule has 0 aliphatic carbocycles. The second-order valence-corrected chi connectivity index (χ2v) is 17.6. The zero-order valence-corrected chi connectivity index (χ0v) is 41.0. The maximum absolute atomic E-state index is 15.1. The third-order valence-electron chi connectivity index (χ3n) is 11.9. The first kappa shape index (κ1) is 55.8. The van der Waals surface area contributed by atoms with Crippen molar-refractivity contribution in [1.29, 1.82) is 0 Å². The maximum atomic E-state index is 15.1. The first-order valence-corrected chi connectivity index (χ1v) is 24.4. The Morgan fingerprint density at radius 3 is 1.64 bits per heavy atom. The Hall–Kier alpha value is -7.52. The summed E-state index contributed by atoms with van der Waals surface area (Å²) in [5, 5.41) is 20.5. The summed E-state index contributed by atoms with van der Waals surface area (Å²) >= 11 is 0. The van der Waals surface area contributed by atoms with Crippen molar-refractivity contribution in [3.63, 3.8) is 0 Å². The standard InChI is InChI=1S/C55H66N8O11/c56-42(27-16-28-59-55(57)58)51(67)60-31-46(64)61-44(30-47(65)66)52(68)62-43(29-37-17-6-1-7-18-37)53(69)63-48-50(72-34-40-23-12-4-13-24-40)49(71-33-39-21-10-3-11-22-39)45(36-70-32-38-19-8-2-9-20-38)74-54(48)73-35-41-25-14-5-15-26-41/h1-15,17-26,42-45,48-50,54H,16,27-36,56H2,(H,60,67)(H,61,64)(H,62,68)(H,63,69)(H,65,66)(H4,57,58,59)/t42-,43-,44-,45+,48+,49+,50+,54+/m0/s1. The molecule has 0 bridgehead atoms. The summed E-state index contributed by atoms with van der Waals surface area (Å²) in [5.74, 6) is -4.74. The van der Waals surface area contributed by atoms with E-state index in [-0.39, 0.29) is 58.4 Å². The number of hydrogen-bond donors (Lipinski definition) is 8. The second kappa shape index (κ2) is 29.9. The molecule has 74 heavy (non-hydrogen) atoms. The minimum Gasteiger partial charge on any atom is -0.481 e. The molecule has 19 nitrogen and oxygen atoms in total. The molecule has 8 atom stereocenters. The molecular weight excluding hydrogens is 949 g/mol. The lowest BCUT2D eigenvalue weighted by atomic mass is 9.95. The van der Waals surface area contributed by atoms with Crippen LogP contribution in [-0.2, 0) is 80.5 Å². The fourth-order valence-electron chi connectivity index (χ4n) is 8.06. The normalized spacial score (nSPS) is 18.4. The highest BCUT2D eigenvalue weighted by Gasteiger charge is 2.49. The Morgan fingerprint density at radius 1 is 0.608 bits per heavy atom. The summed E-state index contributed by atoms with van der Waals surface area (Å²) in [4.78, 5) is 71.2. The van der Waals surface area contributed by atoms with Crippen LogP contribution in [0.4, 0.5) is 0 Å². The van der Waals surface area contributed by atoms with E-state index in [1.165, 1.54) is 0 Å². The number of rotatable bonds is 29. The monoisotopic (exact) mass is 1010 g/mol. The van der Waals surface area contributed by atoms with E-state index in [4.69, 9.17) is 40.9 Å². The van der Waals surface area contributed by atoms with Crippen molar-refractivity contribution in [2.75, 3.05) is 19.7 Å². The van der Waals surface area contributed by atoms with Crippen LogP contribution in [0, 0.1) is 0 Å².